The number of aromatic nitrogens is 2. The molecular weight excluding hydrogens is 240 g/mol. The van der Waals surface area contributed by atoms with Crippen molar-refractivity contribution in [2.45, 2.75) is 13.3 Å². The maximum absolute atomic E-state index is 12.1. The van der Waals surface area contributed by atoms with Gasteiger partial charge in [0.2, 0.25) is 5.91 Å². The first-order valence-corrected chi connectivity index (χ1v) is 6.29. The second-order valence-corrected chi connectivity index (χ2v) is 4.28. The Bertz CT molecular complexity index is 519. The number of likely N-dealkylation sites (N-methyl/N-ethyl adjacent to an activating group) is 1. The third-order valence-electron chi connectivity index (χ3n) is 2.88. The van der Waals surface area contributed by atoms with Gasteiger partial charge in [0.25, 0.3) is 0 Å². The summed E-state index contributed by atoms with van der Waals surface area (Å²) < 4.78 is 0. The highest BCUT2D eigenvalue weighted by Crippen LogP contribution is 2.15. The van der Waals surface area contributed by atoms with E-state index in [1.165, 1.54) is 0 Å². The number of pyridine rings is 1. The van der Waals surface area contributed by atoms with Crippen molar-refractivity contribution < 1.29 is 4.79 Å². The molecule has 2 aromatic rings. The second kappa shape index (κ2) is 6.04. The average molecular weight is 258 g/mol. The van der Waals surface area contributed by atoms with Crippen LogP contribution in [0.15, 0.2) is 36.8 Å². The van der Waals surface area contributed by atoms with E-state index in [0.29, 0.717) is 6.42 Å². The Hall–Kier alpha value is -2.30. The molecule has 100 valence electrons. The normalized spacial score (nSPS) is 10.2. The molecule has 0 aliphatic carbocycles. The molecule has 0 saturated heterocycles. The van der Waals surface area contributed by atoms with Crippen LogP contribution in [0.2, 0.25) is 0 Å². The smallest absolute Gasteiger partial charge is 0.231 e. The molecule has 0 aliphatic heterocycles. The van der Waals surface area contributed by atoms with Crippen LogP contribution in [0.25, 0.3) is 0 Å². The summed E-state index contributed by atoms with van der Waals surface area (Å²) in [5.74, 6) is 0.857. The number of H-pyrrole nitrogens is 1. The Balaban J connectivity index is 2.02. The minimum atomic E-state index is 0.0394. The largest absolute Gasteiger partial charge is 0.370 e. The summed E-state index contributed by atoms with van der Waals surface area (Å²) in [6.45, 7) is 2.84. The number of amides is 1. The van der Waals surface area contributed by atoms with Crippen LogP contribution in [0.4, 0.5) is 11.5 Å². The fourth-order valence-corrected chi connectivity index (χ4v) is 1.78. The molecule has 2 heterocycles. The first-order valence-electron chi connectivity index (χ1n) is 6.29. The summed E-state index contributed by atoms with van der Waals surface area (Å²) in [5.41, 5.74) is 1.77. The van der Waals surface area contributed by atoms with Gasteiger partial charge in [-0.1, -0.05) is 0 Å². The predicted octanol–water partition coefficient (Wildman–Crippen LogP) is 2.05. The fraction of sp³-hybridized carbons (Fsp3) is 0.286. The Morgan fingerprint density at radius 1 is 1.42 bits per heavy atom. The molecule has 0 aromatic carbocycles. The highest BCUT2D eigenvalue weighted by Gasteiger charge is 2.12. The molecule has 0 fully saturated rings. The minimum Gasteiger partial charge on any atom is -0.370 e. The maximum atomic E-state index is 12.1. The standard InChI is InChI=1S/C14H18N4O/c1-3-16-13-5-4-12(10-17-13)18(2)14(19)8-11-6-7-15-9-11/h4-7,9-10,15H,3,8H2,1-2H3,(H,16,17). The van der Waals surface area contributed by atoms with Gasteiger partial charge in [-0.2, -0.15) is 0 Å². The van der Waals surface area contributed by atoms with Gasteiger partial charge >= 0.3 is 0 Å². The van der Waals surface area contributed by atoms with Crippen molar-refractivity contribution in [3.8, 4) is 0 Å². The Labute approximate surface area is 112 Å². The van der Waals surface area contributed by atoms with Gasteiger partial charge in [0.05, 0.1) is 18.3 Å². The number of aromatic amines is 1. The third kappa shape index (κ3) is 3.34. The third-order valence-corrected chi connectivity index (χ3v) is 2.88. The van der Waals surface area contributed by atoms with Crippen LogP contribution in [0.3, 0.4) is 0 Å². The number of anilines is 2. The molecule has 5 heteroatoms. The molecule has 2 aromatic heterocycles. The number of hydrogen-bond acceptors (Lipinski definition) is 3. The van der Waals surface area contributed by atoms with Crippen molar-refractivity contribution in [1.29, 1.82) is 0 Å². The lowest BCUT2D eigenvalue weighted by Crippen LogP contribution is -2.27. The number of carbonyl (C=O) groups is 1. The lowest BCUT2D eigenvalue weighted by atomic mass is 10.2. The molecule has 0 bridgehead atoms. The highest BCUT2D eigenvalue weighted by atomic mass is 16.2. The Morgan fingerprint density at radius 3 is 2.84 bits per heavy atom. The Morgan fingerprint density at radius 2 is 2.26 bits per heavy atom. The molecule has 5 nitrogen and oxygen atoms in total. The number of nitrogens with one attached hydrogen (secondary N) is 2. The zero-order valence-electron chi connectivity index (χ0n) is 11.2. The van der Waals surface area contributed by atoms with Gasteiger partial charge in [0.1, 0.15) is 5.82 Å². The predicted molar refractivity (Wildman–Crippen MR) is 76.3 cm³/mol. The molecule has 1 amide bonds. The Kier molecular flexibility index (Phi) is 4.18. The van der Waals surface area contributed by atoms with Crippen molar-refractivity contribution in [2.75, 3.05) is 23.8 Å². The molecule has 0 spiro atoms. The van der Waals surface area contributed by atoms with Gasteiger partial charge < -0.3 is 15.2 Å². The monoisotopic (exact) mass is 258 g/mol. The van der Waals surface area contributed by atoms with Crippen LogP contribution in [-0.2, 0) is 11.2 Å². The van der Waals surface area contributed by atoms with E-state index in [9.17, 15) is 4.79 Å². The number of carbonyl (C=O) groups excluding carboxylic acids is 1. The van der Waals surface area contributed by atoms with Crippen molar-refractivity contribution in [3.63, 3.8) is 0 Å². The SMILES string of the molecule is CCNc1ccc(N(C)C(=O)Cc2cc[nH]c2)cn1. The first-order chi connectivity index (χ1) is 9.20. The van der Waals surface area contributed by atoms with Gasteiger partial charge in [-0.25, -0.2) is 4.98 Å². The van der Waals surface area contributed by atoms with Crippen LogP contribution in [0, 0.1) is 0 Å². The quantitative estimate of drug-likeness (QED) is 0.862. The van der Waals surface area contributed by atoms with Gasteiger partial charge in [-0.3, -0.25) is 4.79 Å². The molecule has 0 atom stereocenters. The number of hydrogen-bond donors (Lipinski definition) is 2. The molecular formula is C14H18N4O. The highest BCUT2D eigenvalue weighted by molar-refractivity contribution is 5.94. The molecule has 2 rings (SSSR count). The summed E-state index contributed by atoms with van der Waals surface area (Å²) in [4.78, 5) is 20.9. The van der Waals surface area contributed by atoms with E-state index in [-0.39, 0.29) is 5.91 Å². The zero-order valence-corrected chi connectivity index (χ0v) is 11.2. The van der Waals surface area contributed by atoms with Gasteiger partial charge in [-0.05, 0) is 30.7 Å². The van der Waals surface area contributed by atoms with Gasteiger partial charge in [-0.15, -0.1) is 0 Å². The second-order valence-electron chi connectivity index (χ2n) is 4.28. The van der Waals surface area contributed by atoms with Crippen molar-refractivity contribution in [1.82, 2.24) is 9.97 Å². The van der Waals surface area contributed by atoms with Crippen LogP contribution in [0.5, 0.6) is 0 Å². The van der Waals surface area contributed by atoms with Gasteiger partial charge in [0, 0.05) is 26.0 Å². The lowest BCUT2D eigenvalue weighted by Gasteiger charge is -2.17. The summed E-state index contributed by atoms with van der Waals surface area (Å²) in [6.07, 6.45) is 5.73. The maximum Gasteiger partial charge on any atom is 0.231 e. The molecule has 0 unspecified atom stereocenters. The van der Waals surface area contributed by atoms with Crippen molar-refractivity contribution in [3.05, 3.63) is 42.4 Å². The number of rotatable bonds is 5. The van der Waals surface area contributed by atoms with Gasteiger partial charge in [0.15, 0.2) is 0 Å². The van der Waals surface area contributed by atoms with E-state index in [1.54, 1.807) is 18.1 Å². The number of nitrogens with zero attached hydrogens (tertiary/aromatic N) is 2. The minimum absolute atomic E-state index is 0.0394. The zero-order chi connectivity index (χ0) is 13.7. The van der Waals surface area contributed by atoms with Crippen molar-refractivity contribution in [2.24, 2.45) is 0 Å². The van der Waals surface area contributed by atoms with E-state index < -0.39 is 0 Å². The van der Waals surface area contributed by atoms with Crippen LogP contribution >= 0.6 is 0 Å². The van der Waals surface area contributed by atoms with Crippen LogP contribution in [0.1, 0.15) is 12.5 Å². The summed E-state index contributed by atoms with van der Waals surface area (Å²) >= 11 is 0. The molecule has 19 heavy (non-hydrogen) atoms. The summed E-state index contributed by atoms with van der Waals surface area (Å²) in [6, 6.07) is 5.66. The van der Waals surface area contributed by atoms with E-state index in [4.69, 9.17) is 0 Å². The first kappa shape index (κ1) is 13.1. The lowest BCUT2D eigenvalue weighted by molar-refractivity contribution is -0.117. The summed E-state index contributed by atoms with van der Waals surface area (Å²) in [7, 11) is 1.76. The van der Waals surface area contributed by atoms with Crippen molar-refractivity contribution >= 4 is 17.4 Å². The molecule has 0 saturated carbocycles. The van der Waals surface area contributed by atoms with E-state index in [2.05, 4.69) is 15.3 Å². The van der Waals surface area contributed by atoms with E-state index in [0.717, 1.165) is 23.6 Å². The molecule has 2 N–H and O–H groups in total. The fourth-order valence-electron chi connectivity index (χ4n) is 1.78. The van der Waals surface area contributed by atoms with Crippen LogP contribution < -0.4 is 10.2 Å². The average Bonchev–Trinajstić information content (AvgIpc) is 2.92. The molecule has 0 radical (unpaired) electrons. The molecule has 0 aliphatic rings. The summed E-state index contributed by atoms with van der Waals surface area (Å²) in [5, 5.41) is 3.12. The van der Waals surface area contributed by atoms with E-state index in [1.807, 2.05) is 37.5 Å². The van der Waals surface area contributed by atoms with Crippen LogP contribution in [-0.4, -0.2) is 29.5 Å². The topological polar surface area (TPSA) is 61.0 Å². The van der Waals surface area contributed by atoms with E-state index >= 15 is 0 Å².